The maximum atomic E-state index is 13.2. The van der Waals surface area contributed by atoms with Crippen molar-refractivity contribution in [2.45, 2.75) is 19.4 Å². The van der Waals surface area contributed by atoms with Gasteiger partial charge < -0.3 is 5.32 Å². The van der Waals surface area contributed by atoms with Crippen molar-refractivity contribution in [2.24, 2.45) is 0 Å². The lowest BCUT2D eigenvalue weighted by atomic mass is 10.0. The molecule has 0 fully saturated rings. The van der Waals surface area contributed by atoms with Crippen molar-refractivity contribution in [3.05, 3.63) is 56.7 Å². The van der Waals surface area contributed by atoms with E-state index in [-0.39, 0.29) is 6.04 Å². The van der Waals surface area contributed by atoms with Crippen LogP contribution in [-0.4, -0.2) is 6.54 Å². The van der Waals surface area contributed by atoms with Crippen molar-refractivity contribution < 1.29 is 8.78 Å². The molecule has 0 saturated carbocycles. The molecule has 0 radical (unpaired) electrons. The van der Waals surface area contributed by atoms with Crippen LogP contribution in [0.5, 0.6) is 0 Å². The average Bonchev–Trinajstić information content (AvgIpc) is 2.74. The minimum Gasteiger partial charge on any atom is -0.309 e. The van der Waals surface area contributed by atoms with E-state index >= 15 is 0 Å². The third-order valence-electron chi connectivity index (χ3n) is 2.75. The van der Waals surface area contributed by atoms with Crippen LogP contribution in [0.4, 0.5) is 8.78 Å². The van der Waals surface area contributed by atoms with E-state index in [9.17, 15) is 8.78 Å². The van der Waals surface area contributed by atoms with E-state index in [1.807, 2.05) is 19.1 Å². The maximum absolute atomic E-state index is 13.2. The summed E-state index contributed by atoms with van der Waals surface area (Å²) in [5, 5.41) is 3.31. The first-order valence-corrected chi connectivity index (χ1v) is 7.21. The smallest absolute Gasteiger partial charge is 0.126 e. The van der Waals surface area contributed by atoms with E-state index in [0.717, 1.165) is 17.5 Å². The van der Waals surface area contributed by atoms with Gasteiger partial charge >= 0.3 is 0 Å². The Morgan fingerprint density at radius 2 is 1.89 bits per heavy atom. The van der Waals surface area contributed by atoms with Crippen LogP contribution in [0.25, 0.3) is 0 Å². The second-order valence-electron chi connectivity index (χ2n) is 4.23. The van der Waals surface area contributed by atoms with Crippen molar-refractivity contribution in [1.29, 1.82) is 0 Å². The molecule has 1 heterocycles. The van der Waals surface area contributed by atoms with Crippen molar-refractivity contribution in [2.75, 3.05) is 6.54 Å². The maximum Gasteiger partial charge on any atom is 0.126 e. The fraction of sp³-hybridized carbons (Fsp3) is 0.286. The Hall–Kier alpha value is -0.970. The van der Waals surface area contributed by atoms with Gasteiger partial charge in [-0.2, -0.15) is 0 Å². The van der Waals surface area contributed by atoms with Crippen LogP contribution in [0.1, 0.15) is 23.4 Å². The van der Waals surface area contributed by atoms with Gasteiger partial charge in [-0.15, -0.1) is 11.3 Å². The summed E-state index contributed by atoms with van der Waals surface area (Å²) in [6, 6.07) is 7.40. The minimum absolute atomic E-state index is 0.0173. The molecule has 1 N–H and O–H groups in total. The van der Waals surface area contributed by atoms with Crippen molar-refractivity contribution in [1.82, 2.24) is 5.32 Å². The third kappa shape index (κ3) is 4.00. The fourth-order valence-electron chi connectivity index (χ4n) is 2.00. The van der Waals surface area contributed by atoms with Gasteiger partial charge in [-0.25, -0.2) is 8.78 Å². The van der Waals surface area contributed by atoms with Gasteiger partial charge in [0.1, 0.15) is 11.6 Å². The molecule has 0 amide bonds. The molecule has 5 heteroatoms. The first-order valence-electron chi connectivity index (χ1n) is 6.02. The molecule has 1 aromatic heterocycles. The number of halogens is 3. The van der Waals surface area contributed by atoms with E-state index in [4.69, 9.17) is 11.6 Å². The zero-order valence-corrected chi connectivity index (χ0v) is 12.0. The molecular weight excluding hydrogens is 288 g/mol. The third-order valence-corrected chi connectivity index (χ3v) is 4.09. The van der Waals surface area contributed by atoms with Crippen molar-refractivity contribution >= 4 is 22.9 Å². The van der Waals surface area contributed by atoms with Crippen LogP contribution in [0.2, 0.25) is 4.34 Å². The molecule has 0 bridgehead atoms. The number of thiophene rings is 1. The van der Waals surface area contributed by atoms with E-state index in [1.54, 1.807) is 0 Å². The molecule has 2 rings (SSSR count). The quantitative estimate of drug-likeness (QED) is 0.853. The van der Waals surface area contributed by atoms with E-state index in [1.165, 1.54) is 23.5 Å². The predicted molar refractivity (Wildman–Crippen MR) is 75.8 cm³/mol. The summed E-state index contributed by atoms with van der Waals surface area (Å²) >= 11 is 7.41. The molecule has 1 unspecified atom stereocenters. The Balaban J connectivity index is 2.20. The Morgan fingerprint density at radius 3 is 2.42 bits per heavy atom. The number of benzene rings is 1. The molecule has 1 nitrogen and oxygen atoms in total. The molecule has 0 spiro atoms. The first kappa shape index (κ1) is 14.4. The second-order valence-corrected chi connectivity index (χ2v) is 5.98. The van der Waals surface area contributed by atoms with Gasteiger partial charge in [0.15, 0.2) is 0 Å². The lowest BCUT2D eigenvalue weighted by Crippen LogP contribution is -2.22. The Kier molecular flexibility index (Phi) is 4.91. The van der Waals surface area contributed by atoms with Crippen LogP contribution in [-0.2, 0) is 6.42 Å². The summed E-state index contributed by atoms with van der Waals surface area (Å²) in [4.78, 5) is 1.07. The molecule has 0 saturated heterocycles. The number of hydrogen-bond acceptors (Lipinski definition) is 2. The van der Waals surface area contributed by atoms with Crippen LogP contribution in [0.15, 0.2) is 30.3 Å². The van der Waals surface area contributed by atoms with Crippen molar-refractivity contribution in [3.8, 4) is 0 Å². The SMILES string of the molecule is CCNC(Cc1cc(F)cc(F)c1)c1ccc(Cl)s1. The molecular formula is C14H14ClF2NS. The molecule has 2 aromatic rings. The topological polar surface area (TPSA) is 12.0 Å². The van der Waals surface area contributed by atoms with Crippen molar-refractivity contribution in [3.63, 3.8) is 0 Å². The van der Waals surface area contributed by atoms with Gasteiger partial charge in [-0.1, -0.05) is 18.5 Å². The van der Waals surface area contributed by atoms with E-state index < -0.39 is 11.6 Å². The lowest BCUT2D eigenvalue weighted by molar-refractivity contribution is 0.545. The number of hydrogen-bond donors (Lipinski definition) is 1. The van der Waals surface area contributed by atoms with Gasteiger partial charge in [0.05, 0.1) is 4.34 Å². The fourth-order valence-corrected chi connectivity index (χ4v) is 3.14. The van der Waals surface area contributed by atoms with Gasteiger partial charge in [0, 0.05) is 17.0 Å². The number of rotatable bonds is 5. The Bertz CT molecular complexity index is 536. The first-order chi connectivity index (χ1) is 9.08. The summed E-state index contributed by atoms with van der Waals surface area (Å²) < 4.78 is 27.1. The molecule has 1 atom stereocenters. The zero-order chi connectivity index (χ0) is 13.8. The summed E-state index contributed by atoms with van der Waals surface area (Å²) in [5.41, 5.74) is 0.632. The Labute approximate surface area is 120 Å². The van der Waals surface area contributed by atoms with Crippen LogP contribution < -0.4 is 5.32 Å². The summed E-state index contributed by atoms with van der Waals surface area (Å²) in [6.45, 7) is 2.77. The summed E-state index contributed by atoms with van der Waals surface area (Å²) in [5.74, 6) is -1.09. The average molecular weight is 302 g/mol. The standard InChI is InChI=1S/C14H14ClF2NS/c1-2-18-12(13-3-4-14(15)19-13)7-9-5-10(16)8-11(17)6-9/h3-6,8,12,18H,2,7H2,1H3. The normalized spacial score (nSPS) is 12.6. The summed E-state index contributed by atoms with van der Waals surface area (Å²) in [6.07, 6.45) is 0.527. The summed E-state index contributed by atoms with van der Waals surface area (Å²) in [7, 11) is 0. The largest absolute Gasteiger partial charge is 0.309 e. The van der Waals surface area contributed by atoms with Crippen LogP contribution in [0, 0.1) is 11.6 Å². The Morgan fingerprint density at radius 1 is 1.21 bits per heavy atom. The minimum atomic E-state index is -0.547. The highest BCUT2D eigenvalue weighted by Gasteiger charge is 2.14. The molecule has 102 valence electrons. The van der Waals surface area contributed by atoms with Gasteiger partial charge in [0.2, 0.25) is 0 Å². The molecule has 0 aliphatic heterocycles. The van der Waals surface area contributed by atoms with E-state index in [0.29, 0.717) is 16.3 Å². The number of nitrogens with one attached hydrogen (secondary N) is 1. The zero-order valence-electron chi connectivity index (χ0n) is 10.4. The molecule has 1 aromatic carbocycles. The van der Waals surface area contributed by atoms with Gasteiger partial charge in [0.25, 0.3) is 0 Å². The second kappa shape index (κ2) is 6.46. The monoisotopic (exact) mass is 301 g/mol. The number of likely N-dealkylation sites (N-methyl/N-ethyl adjacent to an activating group) is 1. The highest BCUT2D eigenvalue weighted by Crippen LogP contribution is 2.29. The van der Waals surface area contributed by atoms with Crippen LogP contribution >= 0.6 is 22.9 Å². The molecule has 0 aliphatic carbocycles. The van der Waals surface area contributed by atoms with E-state index in [2.05, 4.69) is 5.32 Å². The highest BCUT2D eigenvalue weighted by molar-refractivity contribution is 7.16. The molecule has 19 heavy (non-hydrogen) atoms. The lowest BCUT2D eigenvalue weighted by Gasteiger charge is -2.16. The predicted octanol–water partition coefficient (Wildman–Crippen LogP) is 4.57. The van der Waals surface area contributed by atoms with Crippen LogP contribution in [0.3, 0.4) is 0 Å². The molecule has 0 aliphatic rings. The van der Waals surface area contributed by atoms with Gasteiger partial charge in [-0.05, 0) is 42.8 Å². The highest BCUT2D eigenvalue weighted by atomic mass is 35.5. The van der Waals surface area contributed by atoms with Gasteiger partial charge in [-0.3, -0.25) is 0 Å².